The minimum atomic E-state index is 0.537. The Morgan fingerprint density at radius 1 is 1.05 bits per heavy atom. The van der Waals surface area contributed by atoms with Crippen LogP contribution >= 0.6 is 0 Å². The summed E-state index contributed by atoms with van der Waals surface area (Å²) in [6.45, 7) is 1.26. The summed E-state index contributed by atoms with van der Waals surface area (Å²) < 4.78 is 0. The number of aromatic nitrogens is 3. The van der Waals surface area contributed by atoms with Gasteiger partial charge in [-0.3, -0.25) is 0 Å². The van der Waals surface area contributed by atoms with E-state index in [-0.39, 0.29) is 0 Å². The molecule has 1 aliphatic heterocycles. The zero-order valence-corrected chi connectivity index (χ0v) is 12.6. The van der Waals surface area contributed by atoms with Gasteiger partial charge in [0.25, 0.3) is 0 Å². The van der Waals surface area contributed by atoms with Gasteiger partial charge < -0.3 is 10.3 Å². The summed E-state index contributed by atoms with van der Waals surface area (Å²) in [5.74, 6) is 0.604. The molecule has 2 N–H and O–H groups in total. The second-order valence-electron chi connectivity index (χ2n) is 6.82. The second-order valence-corrected chi connectivity index (χ2v) is 6.82. The number of nitrogens with one attached hydrogen (secondary N) is 2. The van der Waals surface area contributed by atoms with Gasteiger partial charge in [-0.05, 0) is 31.7 Å². The topological polar surface area (TPSA) is 63.5 Å². The number of hydrogen-bond donors (Lipinski definition) is 2. The molecule has 0 atom stereocenters. The first-order valence-electron chi connectivity index (χ1n) is 8.39. The Hall–Kier alpha value is -1.42. The zero-order chi connectivity index (χ0) is 14.1. The van der Waals surface area contributed by atoms with Gasteiger partial charge >= 0.3 is 0 Å². The minimum absolute atomic E-state index is 0.537. The molecule has 1 saturated carbocycles. The van der Waals surface area contributed by atoms with Crippen LogP contribution in [0.3, 0.4) is 0 Å². The lowest BCUT2D eigenvalue weighted by molar-refractivity contribution is 0.412. The van der Waals surface area contributed by atoms with E-state index < -0.39 is 0 Å². The zero-order valence-electron chi connectivity index (χ0n) is 12.6. The van der Waals surface area contributed by atoms with Gasteiger partial charge in [0.1, 0.15) is 12.0 Å². The number of aromatic amines is 1. The first kappa shape index (κ1) is 13.3. The lowest BCUT2D eigenvalue weighted by atomic mass is 9.86. The van der Waals surface area contributed by atoms with Crippen molar-refractivity contribution >= 4 is 11.0 Å². The van der Waals surface area contributed by atoms with Gasteiger partial charge in [0.15, 0.2) is 0 Å². The van der Waals surface area contributed by atoms with Gasteiger partial charge in [0.2, 0.25) is 0 Å². The van der Waals surface area contributed by atoms with Crippen molar-refractivity contribution in [1.82, 2.24) is 20.3 Å². The van der Waals surface area contributed by atoms with Crippen molar-refractivity contribution in [3.8, 4) is 0 Å². The second kappa shape index (κ2) is 5.41. The molecule has 0 radical (unpaired) electrons. The SMILES string of the molecule is c1nc(C2CCCCC3(CCCC2)CN3)c2cc[nH]c2n1. The highest BCUT2D eigenvalue weighted by Crippen LogP contribution is 2.36. The summed E-state index contributed by atoms with van der Waals surface area (Å²) in [7, 11) is 0. The fourth-order valence-corrected chi connectivity index (χ4v) is 3.95. The van der Waals surface area contributed by atoms with Crippen molar-refractivity contribution in [3.63, 3.8) is 0 Å². The molecule has 2 aromatic rings. The Balaban J connectivity index is 1.52. The van der Waals surface area contributed by atoms with Crippen LogP contribution in [0.2, 0.25) is 0 Å². The molecule has 3 heterocycles. The summed E-state index contributed by atoms with van der Waals surface area (Å²) in [5.41, 5.74) is 2.79. The van der Waals surface area contributed by atoms with Gasteiger partial charge in [-0.25, -0.2) is 9.97 Å². The van der Waals surface area contributed by atoms with Crippen LogP contribution in [0, 0.1) is 0 Å². The number of H-pyrrole nitrogens is 1. The third-order valence-electron chi connectivity index (χ3n) is 5.36. The Bertz CT molecular complexity index is 600. The summed E-state index contributed by atoms with van der Waals surface area (Å²) in [6, 6.07) is 2.13. The van der Waals surface area contributed by atoms with E-state index in [9.17, 15) is 0 Å². The van der Waals surface area contributed by atoms with Crippen LogP contribution in [0.15, 0.2) is 18.6 Å². The Morgan fingerprint density at radius 2 is 1.81 bits per heavy atom. The molecular weight excluding hydrogens is 260 g/mol. The molecule has 0 aromatic carbocycles. The van der Waals surface area contributed by atoms with Gasteiger partial charge in [-0.2, -0.15) is 0 Å². The van der Waals surface area contributed by atoms with E-state index in [1.165, 1.54) is 69.0 Å². The number of nitrogens with zero attached hydrogens (tertiary/aromatic N) is 2. The maximum Gasteiger partial charge on any atom is 0.140 e. The third kappa shape index (κ3) is 2.69. The fraction of sp³-hybridized carbons (Fsp3) is 0.647. The Kier molecular flexibility index (Phi) is 3.42. The molecule has 2 aromatic heterocycles. The molecule has 21 heavy (non-hydrogen) atoms. The Morgan fingerprint density at radius 3 is 2.52 bits per heavy atom. The molecule has 2 fully saturated rings. The molecule has 0 unspecified atom stereocenters. The van der Waals surface area contributed by atoms with Crippen molar-refractivity contribution < 1.29 is 0 Å². The molecule has 0 amide bonds. The summed E-state index contributed by atoms with van der Waals surface area (Å²) >= 11 is 0. The first-order chi connectivity index (χ1) is 10.4. The highest BCUT2D eigenvalue weighted by Gasteiger charge is 2.40. The van der Waals surface area contributed by atoms with Crippen LogP contribution in [0.1, 0.15) is 63.0 Å². The average Bonchev–Trinajstić information content (AvgIpc) is 3.10. The minimum Gasteiger partial charge on any atom is -0.346 e. The molecule has 112 valence electrons. The number of rotatable bonds is 1. The van der Waals surface area contributed by atoms with Crippen molar-refractivity contribution in [2.24, 2.45) is 0 Å². The molecular formula is C17H24N4. The van der Waals surface area contributed by atoms with Crippen LogP contribution in [0.4, 0.5) is 0 Å². The molecule has 1 spiro atoms. The van der Waals surface area contributed by atoms with E-state index in [0.717, 1.165) is 5.65 Å². The van der Waals surface area contributed by atoms with E-state index in [4.69, 9.17) is 0 Å². The first-order valence-corrected chi connectivity index (χ1v) is 8.39. The van der Waals surface area contributed by atoms with E-state index in [0.29, 0.717) is 11.5 Å². The lowest BCUT2D eigenvalue weighted by Gasteiger charge is -2.21. The van der Waals surface area contributed by atoms with E-state index in [1.807, 2.05) is 6.20 Å². The highest BCUT2D eigenvalue weighted by atomic mass is 15.2. The standard InChI is InChI=1S/C17H24N4/c1-3-8-17(11-21-17)9-4-2-6-13(5-1)15-14-7-10-18-16(14)20-12-19-15/h7,10,12-13,21H,1-6,8-9,11H2,(H,18,19,20). The van der Waals surface area contributed by atoms with Crippen LogP contribution in [0.25, 0.3) is 11.0 Å². The van der Waals surface area contributed by atoms with Crippen molar-refractivity contribution in [1.29, 1.82) is 0 Å². The van der Waals surface area contributed by atoms with Gasteiger partial charge in [-0.1, -0.05) is 25.7 Å². The van der Waals surface area contributed by atoms with Crippen LogP contribution in [-0.2, 0) is 0 Å². The molecule has 4 heteroatoms. The van der Waals surface area contributed by atoms with Crippen molar-refractivity contribution in [2.75, 3.05) is 6.54 Å². The summed E-state index contributed by atoms with van der Waals surface area (Å²) in [5, 5.41) is 4.83. The third-order valence-corrected chi connectivity index (χ3v) is 5.36. The van der Waals surface area contributed by atoms with E-state index >= 15 is 0 Å². The maximum atomic E-state index is 4.63. The molecule has 4 nitrogen and oxygen atoms in total. The maximum absolute atomic E-state index is 4.63. The fourth-order valence-electron chi connectivity index (χ4n) is 3.95. The van der Waals surface area contributed by atoms with Gasteiger partial charge in [0.05, 0.1) is 5.69 Å². The van der Waals surface area contributed by atoms with Crippen molar-refractivity contribution in [2.45, 2.75) is 62.8 Å². The predicted molar refractivity (Wildman–Crippen MR) is 84.3 cm³/mol. The van der Waals surface area contributed by atoms with E-state index in [2.05, 4.69) is 26.3 Å². The highest BCUT2D eigenvalue weighted by molar-refractivity contribution is 5.78. The molecule has 4 rings (SSSR count). The summed E-state index contributed by atoms with van der Waals surface area (Å²) in [4.78, 5) is 12.2. The van der Waals surface area contributed by atoms with Crippen LogP contribution < -0.4 is 5.32 Å². The monoisotopic (exact) mass is 284 g/mol. The number of hydrogen-bond acceptors (Lipinski definition) is 3. The molecule has 1 saturated heterocycles. The molecule has 2 aliphatic rings. The van der Waals surface area contributed by atoms with Gasteiger partial charge in [-0.15, -0.1) is 0 Å². The predicted octanol–water partition coefficient (Wildman–Crippen LogP) is 3.52. The molecule has 0 bridgehead atoms. The summed E-state index contributed by atoms with van der Waals surface area (Å²) in [6.07, 6.45) is 14.3. The van der Waals surface area contributed by atoms with Crippen LogP contribution in [0.5, 0.6) is 0 Å². The largest absolute Gasteiger partial charge is 0.346 e. The average molecular weight is 284 g/mol. The molecule has 1 aliphatic carbocycles. The van der Waals surface area contributed by atoms with Gasteiger partial charge in [0, 0.05) is 29.6 Å². The van der Waals surface area contributed by atoms with Crippen LogP contribution in [-0.4, -0.2) is 27.0 Å². The van der Waals surface area contributed by atoms with Crippen molar-refractivity contribution in [3.05, 3.63) is 24.3 Å². The number of fused-ring (bicyclic) bond motifs is 1. The van der Waals surface area contributed by atoms with E-state index in [1.54, 1.807) is 6.33 Å². The smallest absolute Gasteiger partial charge is 0.140 e. The lowest BCUT2D eigenvalue weighted by Crippen LogP contribution is -2.16. The quantitative estimate of drug-likeness (QED) is 0.788. The normalized spacial score (nSPS) is 30.6. The Labute approximate surface area is 125 Å².